The third-order valence-corrected chi connectivity index (χ3v) is 6.46. The Morgan fingerprint density at radius 2 is 1.57 bits per heavy atom. The Kier molecular flexibility index (Phi) is 6.90. The molecule has 0 bridgehead atoms. The van der Waals surface area contributed by atoms with Gasteiger partial charge in [-0.25, -0.2) is 4.79 Å². The van der Waals surface area contributed by atoms with Crippen LogP contribution in [0.3, 0.4) is 0 Å². The van der Waals surface area contributed by atoms with Crippen LogP contribution in [0, 0.1) is 0 Å². The van der Waals surface area contributed by atoms with Crippen molar-refractivity contribution in [2.24, 2.45) is 0 Å². The van der Waals surface area contributed by atoms with E-state index >= 15 is 0 Å². The smallest absolute Gasteiger partial charge is 0.321 e. The molecule has 0 radical (unpaired) electrons. The molecule has 5 nitrogen and oxygen atoms in total. The van der Waals surface area contributed by atoms with Crippen molar-refractivity contribution in [3.63, 3.8) is 0 Å². The van der Waals surface area contributed by atoms with E-state index in [0.717, 1.165) is 48.5 Å². The summed E-state index contributed by atoms with van der Waals surface area (Å²) >= 11 is 0. The number of hydrogen-bond donors (Lipinski definition) is 1. The van der Waals surface area contributed by atoms with Crippen LogP contribution in [0.25, 0.3) is 11.1 Å². The summed E-state index contributed by atoms with van der Waals surface area (Å²) in [5.41, 5.74) is 2.95. The van der Waals surface area contributed by atoms with Gasteiger partial charge in [-0.15, -0.1) is 0 Å². The number of para-hydroxylation sites is 1. The molecule has 2 amide bonds. The van der Waals surface area contributed by atoms with Gasteiger partial charge in [0.15, 0.2) is 0 Å². The van der Waals surface area contributed by atoms with Crippen molar-refractivity contribution in [3.8, 4) is 16.9 Å². The minimum Gasteiger partial charge on any atom is -0.496 e. The lowest BCUT2D eigenvalue weighted by molar-refractivity contribution is 0.124. The van der Waals surface area contributed by atoms with Crippen LogP contribution in [0.2, 0.25) is 0 Å². The molecule has 2 heterocycles. The molecule has 0 aliphatic carbocycles. The van der Waals surface area contributed by atoms with E-state index in [9.17, 15) is 4.79 Å². The number of hydrogen-bond acceptors (Lipinski definition) is 3. The van der Waals surface area contributed by atoms with Crippen molar-refractivity contribution < 1.29 is 9.53 Å². The Bertz CT molecular complexity index is 821. The number of rotatable bonds is 4. The average molecular weight is 408 g/mol. The highest BCUT2D eigenvalue weighted by Gasteiger charge is 2.27. The molecule has 0 saturated carbocycles. The first-order chi connectivity index (χ1) is 14.7. The van der Waals surface area contributed by atoms with E-state index in [0.29, 0.717) is 6.04 Å². The van der Waals surface area contributed by atoms with Gasteiger partial charge in [-0.2, -0.15) is 0 Å². The summed E-state index contributed by atoms with van der Waals surface area (Å²) in [4.78, 5) is 17.4. The predicted molar refractivity (Wildman–Crippen MR) is 122 cm³/mol. The second-order valence-electron chi connectivity index (χ2n) is 8.38. The Morgan fingerprint density at radius 3 is 2.23 bits per heavy atom. The Hall–Kier alpha value is -2.53. The minimum absolute atomic E-state index is 0.00866. The number of methoxy groups -OCH3 is 1. The number of carbonyl (C=O) groups excluding carboxylic acids is 1. The van der Waals surface area contributed by atoms with Crippen LogP contribution in [0.4, 0.5) is 10.5 Å². The first kappa shape index (κ1) is 20.7. The molecule has 1 N–H and O–H groups in total. The highest BCUT2D eigenvalue weighted by molar-refractivity contribution is 5.89. The predicted octanol–water partition coefficient (Wildman–Crippen LogP) is 5.23. The minimum atomic E-state index is 0.00866. The Labute approximate surface area is 180 Å². The van der Waals surface area contributed by atoms with Crippen LogP contribution in [-0.4, -0.2) is 55.2 Å². The number of urea groups is 1. The molecule has 160 valence electrons. The molecule has 0 unspecified atom stereocenters. The van der Waals surface area contributed by atoms with Gasteiger partial charge < -0.3 is 19.9 Å². The normalized spacial score (nSPS) is 18.6. The van der Waals surface area contributed by atoms with Crippen molar-refractivity contribution in [1.82, 2.24) is 9.80 Å². The van der Waals surface area contributed by atoms with Gasteiger partial charge >= 0.3 is 6.03 Å². The van der Waals surface area contributed by atoms with E-state index in [4.69, 9.17) is 4.74 Å². The molecule has 5 heteroatoms. The summed E-state index contributed by atoms with van der Waals surface area (Å²) in [5, 5.41) is 3.07. The summed E-state index contributed by atoms with van der Waals surface area (Å²) in [7, 11) is 1.68. The second-order valence-corrected chi connectivity index (χ2v) is 8.38. The van der Waals surface area contributed by atoms with Crippen molar-refractivity contribution in [2.75, 3.05) is 38.6 Å². The van der Waals surface area contributed by atoms with Crippen LogP contribution in [0.1, 0.15) is 38.5 Å². The van der Waals surface area contributed by atoms with Gasteiger partial charge in [0.2, 0.25) is 0 Å². The fourth-order valence-corrected chi connectivity index (χ4v) is 4.71. The number of benzene rings is 2. The van der Waals surface area contributed by atoms with Gasteiger partial charge in [-0.1, -0.05) is 43.2 Å². The monoisotopic (exact) mass is 407 g/mol. The summed E-state index contributed by atoms with van der Waals surface area (Å²) in [6.07, 6.45) is 7.55. The van der Waals surface area contributed by atoms with E-state index < -0.39 is 0 Å². The number of ether oxygens (including phenoxy) is 1. The van der Waals surface area contributed by atoms with E-state index in [2.05, 4.69) is 10.2 Å². The third-order valence-electron chi connectivity index (χ3n) is 6.46. The van der Waals surface area contributed by atoms with E-state index in [1.165, 1.54) is 38.8 Å². The number of likely N-dealkylation sites (tertiary alicyclic amines) is 2. The zero-order valence-corrected chi connectivity index (χ0v) is 18.0. The van der Waals surface area contributed by atoms with Crippen LogP contribution < -0.4 is 10.1 Å². The van der Waals surface area contributed by atoms with Gasteiger partial charge in [0, 0.05) is 30.4 Å². The number of nitrogens with zero attached hydrogens (tertiary/aromatic N) is 2. The maximum absolute atomic E-state index is 12.7. The molecule has 0 aromatic heterocycles. The first-order valence-electron chi connectivity index (χ1n) is 11.3. The second kappa shape index (κ2) is 9.98. The first-order valence-corrected chi connectivity index (χ1v) is 11.3. The SMILES string of the molecule is COc1ccccc1-c1ccc(NC(=O)N2CCC(N3CCCCCC3)CC2)cc1. The largest absolute Gasteiger partial charge is 0.496 e. The van der Waals surface area contributed by atoms with Gasteiger partial charge in [-0.05, 0) is 62.5 Å². The molecular weight excluding hydrogens is 374 g/mol. The number of piperidine rings is 1. The Morgan fingerprint density at radius 1 is 0.900 bits per heavy atom. The number of amides is 2. The molecule has 2 aliphatic rings. The average Bonchev–Trinajstić information content (AvgIpc) is 3.09. The van der Waals surface area contributed by atoms with E-state index in [1.54, 1.807) is 7.11 Å². The topological polar surface area (TPSA) is 44.8 Å². The maximum atomic E-state index is 12.7. The van der Waals surface area contributed by atoms with Crippen LogP contribution >= 0.6 is 0 Å². The third kappa shape index (κ3) is 4.96. The zero-order chi connectivity index (χ0) is 20.8. The fourth-order valence-electron chi connectivity index (χ4n) is 4.71. The van der Waals surface area contributed by atoms with Gasteiger partial charge in [0.25, 0.3) is 0 Å². The van der Waals surface area contributed by atoms with Crippen molar-refractivity contribution >= 4 is 11.7 Å². The van der Waals surface area contributed by atoms with Gasteiger partial charge in [0.05, 0.1) is 7.11 Å². The number of carbonyl (C=O) groups is 1. The number of anilines is 1. The molecular formula is C25H33N3O2. The molecule has 2 saturated heterocycles. The van der Waals surface area contributed by atoms with Crippen LogP contribution in [0.5, 0.6) is 5.75 Å². The summed E-state index contributed by atoms with van der Waals surface area (Å²) < 4.78 is 5.45. The fraction of sp³-hybridized carbons (Fsp3) is 0.480. The lowest BCUT2D eigenvalue weighted by Crippen LogP contribution is -2.48. The van der Waals surface area contributed by atoms with Crippen LogP contribution in [-0.2, 0) is 0 Å². The molecule has 0 atom stereocenters. The molecule has 4 rings (SSSR count). The Balaban J connectivity index is 1.31. The summed E-state index contributed by atoms with van der Waals surface area (Å²) in [5.74, 6) is 0.849. The number of nitrogens with one attached hydrogen (secondary N) is 1. The molecule has 30 heavy (non-hydrogen) atoms. The summed E-state index contributed by atoms with van der Waals surface area (Å²) in [6.45, 7) is 4.14. The standard InChI is InChI=1S/C25H33N3O2/c1-30-24-9-5-4-8-23(24)20-10-12-21(13-11-20)26-25(29)28-18-14-22(15-19-28)27-16-6-2-3-7-17-27/h4-5,8-13,22H,2-3,6-7,14-19H2,1H3,(H,26,29). The molecule has 0 spiro atoms. The highest BCUT2D eigenvalue weighted by Crippen LogP contribution is 2.30. The van der Waals surface area contributed by atoms with E-state index in [1.807, 2.05) is 53.4 Å². The van der Waals surface area contributed by atoms with Crippen LogP contribution in [0.15, 0.2) is 48.5 Å². The van der Waals surface area contributed by atoms with E-state index in [-0.39, 0.29) is 6.03 Å². The molecule has 2 fully saturated rings. The lowest BCUT2D eigenvalue weighted by Gasteiger charge is -2.38. The quantitative estimate of drug-likeness (QED) is 0.754. The van der Waals surface area contributed by atoms with Crippen molar-refractivity contribution in [1.29, 1.82) is 0 Å². The summed E-state index contributed by atoms with van der Waals surface area (Å²) in [6, 6.07) is 16.6. The zero-order valence-electron chi connectivity index (χ0n) is 18.0. The van der Waals surface area contributed by atoms with Gasteiger partial charge in [0.1, 0.15) is 5.75 Å². The lowest BCUT2D eigenvalue weighted by atomic mass is 10.0. The van der Waals surface area contributed by atoms with Gasteiger partial charge in [-0.3, -0.25) is 0 Å². The molecule has 2 aromatic carbocycles. The van der Waals surface area contributed by atoms with Crippen molar-refractivity contribution in [3.05, 3.63) is 48.5 Å². The molecule has 2 aliphatic heterocycles. The van der Waals surface area contributed by atoms with Crippen molar-refractivity contribution in [2.45, 2.75) is 44.6 Å². The maximum Gasteiger partial charge on any atom is 0.321 e. The molecule has 2 aromatic rings. The highest BCUT2D eigenvalue weighted by atomic mass is 16.5.